The van der Waals surface area contributed by atoms with Gasteiger partial charge < -0.3 is 0 Å². The molecule has 1 fully saturated rings. The maximum absolute atomic E-state index is 4.85. The highest BCUT2D eigenvalue weighted by atomic mass is 31.1. The zero-order valence-corrected chi connectivity index (χ0v) is 13.2. The van der Waals surface area contributed by atoms with E-state index in [1.807, 2.05) is 0 Å². The molecule has 0 atom stereocenters. The van der Waals surface area contributed by atoms with E-state index >= 15 is 0 Å². The highest BCUT2D eigenvalue weighted by Gasteiger charge is 2.12. The first-order chi connectivity index (χ1) is 9.35. The molecule has 104 valence electrons. The monoisotopic (exact) mass is 275 g/mol. The molecule has 19 heavy (non-hydrogen) atoms. The van der Waals surface area contributed by atoms with Gasteiger partial charge in [0, 0.05) is 12.3 Å². The van der Waals surface area contributed by atoms with Gasteiger partial charge in [-0.2, -0.15) is 0 Å². The third-order valence-corrected chi connectivity index (χ3v) is 6.66. The third-order valence-electron chi connectivity index (χ3n) is 4.04. The van der Waals surface area contributed by atoms with E-state index in [0.717, 1.165) is 0 Å². The van der Waals surface area contributed by atoms with Gasteiger partial charge >= 0.3 is 0 Å². The molecule has 0 radical (unpaired) electrons. The normalized spacial score (nSPS) is 17.4. The van der Waals surface area contributed by atoms with Crippen LogP contribution in [0.2, 0.25) is 0 Å². The van der Waals surface area contributed by atoms with Crippen LogP contribution < -0.4 is 5.30 Å². The van der Waals surface area contributed by atoms with Gasteiger partial charge in [0.1, 0.15) is 0 Å². The second kappa shape index (κ2) is 7.80. The molecule has 2 rings (SSSR count). The summed E-state index contributed by atoms with van der Waals surface area (Å²) in [6, 6.07) is 9.44. The van der Waals surface area contributed by atoms with Crippen molar-refractivity contribution < 1.29 is 0 Å². The molecule has 2 heteroatoms. The molecule has 1 aromatic rings. The summed E-state index contributed by atoms with van der Waals surface area (Å²) < 4.78 is 0. The van der Waals surface area contributed by atoms with Gasteiger partial charge in [-0.25, -0.2) is 0 Å². The van der Waals surface area contributed by atoms with Crippen LogP contribution in [0.5, 0.6) is 0 Å². The van der Waals surface area contributed by atoms with Crippen molar-refractivity contribution in [3.8, 4) is 0 Å². The third kappa shape index (κ3) is 4.14. The van der Waals surface area contributed by atoms with Crippen molar-refractivity contribution in [3.63, 3.8) is 0 Å². The van der Waals surface area contributed by atoms with E-state index in [2.05, 4.69) is 44.3 Å². The molecule has 1 saturated carbocycles. The van der Waals surface area contributed by atoms with Gasteiger partial charge in [-0.15, -0.1) is 0 Å². The van der Waals surface area contributed by atoms with Crippen LogP contribution in [0.1, 0.15) is 51.5 Å². The van der Waals surface area contributed by atoms with E-state index in [0.29, 0.717) is 6.04 Å². The molecule has 0 unspecified atom stereocenters. The fourth-order valence-electron chi connectivity index (χ4n) is 2.86. The Bertz CT molecular complexity index is 403. The highest BCUT2D eigenvalue weighted by molar-refractivity contribution is 7.65. The number of nitrogens with zero attached hydrogens (tertiary/aromatic N) is 1. The van der Waals surface area contributed by atoms with E-state index in [4.69, 9.17) is 4.99 Å². The molecule has 1 aliphatic carbocycles. The standard InChI is InChI=1S/C17H26NP/c1-3-19(4-2)17-13-9-8-10-15(17)14-18-16-11-6-5-7-12-16/h8-10,13-14,16H,3-7,11-12H2,1-2H3. The van der Waals surface area contributed by atoms with Crippen LogP contribution in [0.25, 0.3) is 0 Å². The van der Waals surface area contributed by atoms with Gasteiger partial charge in [0.15, 0.2) is 0 Å². The Balaban J connectivity index is 2.12. The molecule has 1 aromatic carbocycles. The van der Waals surface area contributed by atoms with E-state index in [9.17, 15) is 0 Å². The zero-order chi connectivity index (χ0) is 13.5. The molecule has 0 spiro atoms. The van der Waals surface area contributed by atoms with Crippen LogP contribution in [0.4, 0.5) is 0 Å². The number of hydrogen-bond donors (Lipinski definition) is 0. The molecule has 0 amide bonds. The van der Waals surface area contributed by atoms with Crippen LogP contribution in [0, 0.1) is 0 Å². The highest BCUT2D eigenvalue weighted by Crippen LogP contribution is 2.34. The van der Waals surface area contributed by atoms with E-state index in [1.165, 1.54) is 50.0 Å². The summed E-state index contributed by atoms with van der Waals surface area (Å²) in [7, 11) is 0.00764. The van der Waals surface area contributed by atoms with E-state index in [1.54, 1.807) is 5.30 Å². The minimum atomic E-state index is 0.00764. The van der Waals surface area contributed by atoms with Crippen molar-refractivity contribution in [1.29, 1.82) is 0 Å². The molecular formula is C17H26NP. The van der Waals surface area contributed by atoms with Gasteiger partial charge in [-0.3, -0.25) is 4.99 Å². The van der Waals surface area contributed by atoms with Crippen molar-refractivity contribution >= 4 is 19.4 Å². The summed E-state index contributed by atoms with van der Waals surface area (Å²) in [4.78, 5) is 4.85. The van der Waals surface area contributed by atoms with Gasteiger partial charge in [0.25, 0.3) is 0 Å². The van der Waals surface area contributed by atoms with Crippen molar-refractivity contribution in [2.75, 3.05) is 12.3 Å². The van der Waals surface area contributed by atoms with Gasteiger partial charge in [-0.05, 0) is 36.0 Å². The Labute approximate surface area is 119 Å². The van der Waals surface area contributed by atoms with Crippen LogP contribution in [0.15, 0.2) is 29.3 Å². The van der Waals surface area contributed by atoms with E-state index in [-0.39, 0.29) is 7.92 Å². The number of aliphatic imine (C=N–C) groups is 1. The summed E-state index contributed by atoms with van der Waals surface area (Å²) in [5.41, 5.74) is 1.36. The van der Waals surface area contributed by atoms with Crippen molar-refractivity contribution in [1.82, 2.24) is 0 Å². The molecule has 0 aromatic heterocycles. The predicted octanol–water partition coefficient (Wildman–Crippen LogP) is 4.59. The van der Waals surface area contributed by atoms with Gasteiger partial charge in [0.05, 0.1) is 0 Å². The minimum absolute atomic E-state index is 0.00764. The summed E-state index contributed by atoms with van der Waals surface area (Å²) >= 11 is 0. The van der Waals surface area contributed by atoms with Crippen LogP contribution in [-0.4, -0.2) is 24.6 Å². The average Bonchev–Trinajstić information content (AvgIpc) is 2.48. The molecule has 0 bridgehead atoms. The van der Waals surface area contributed by atoms with Gasteiger partial charge in [0.2, 0.25) is 0 Å². The lowest BCUT2D eigenvalue weighted by Gasteiger charge is -2.19. The molecule has 0 saturated heterocycles. The topological polar surface area (TPSA) is 12.4 Å². The smallest absolute Gasteiger partial charge is 0.0499 e. The lowest BCUT2D eigenvalue weighted by molar-refractivity contribution is 0.444. The lowest BCUT2D eigenvalue weighted by Crippen LogP contribution is -2.13. The second-order valence-corrected chi connectivity index (χ2v) is 8.13. The maximum atomic E-state index is 4.85. The molecule has 1 aliphatic rings. The number of hydrogen-bond acceptors (Lipinski definition) is 1. The fourth-order valence-corrected chi connectivity index (χ4v) is 4.79. The number of rotatable bonds is 5. The van der Waals surface area contributed by atoms with Crippen molar-refractivity contribution in [2.24, 2.45) is 4.99 Å². The predicted molar refractivity (Wildman–Crippen MR) is 88.5 cm³/mol. The maximum Gasteiger partial charge on any atom is 0.0499 e. The molecular weight excluding hydrogens is 249 g/mol. The first-order valence-corrected chi connectivity index (χ1v) is 9.43. The minimum Gasteiger partial charge on any atom is -0.289 e. The quantitative estimate of drug-likeness (QED) is 0.550. The lowest BCUT2D eigenvalue weighted by atomic mass is 9.96. The summed E-state index contributed by atoms with van der Waals surface area (Å²) in [5.74, 6) is 0. The Morgan fingerprint density at radius 2 is 1.79 bits per heavy atom. The Morgan fingerprint density at radius 1 is 1.11 bits per heavy atom. The molecule has 0 aliphatic heterocycles. The average molecular weight is 275 g/mol. The zero-order valence-electron chi connectivity index (χ0n) is 12.3. The van der Waals surface area contributed by atoms with Gasteiger partial charge in [-0.1, -0.05) is 65.3 Å². The number of benzene rings is 1. The SMILES string of the molecule is CCP(CC)c1ccccc1C=NC1CCCCC1. The molecule has 1 nitrogen and oxygen atoms in total. The summed E-state index contributed by atoms with van der Waals surface area (Å²) in [5, 5.41) is 1.54. The largest absolute Gasteiger partial charge is 0.289 e. The van der Waals surface area contributed by atoms with Crippen LogP contribution in [-0.2, 0) is 0 Å². The first-order valence-electron chi connectivity index (χ1n) is 7.72. The van der Waals surface area contributed by atoms with E-state index < -0.39 is 0 Å². The second-order valence-electron chi connectivity index (χ2n) is 5.30. The fraction of sp³-hybridized carbons (Fsp3) is 0.588. The molecule has 0 N–H and O–H groups in total. The van der Waals surface area contributed by atoms with Crippen LogP contribution >= 0.6 is 7.92 Å². The Hall–Kier alpha value is -0.680. The van der Waals surface area contributed by atoms with Crippen LogP contribution in [0.3, 0.4) is 0 Å². The Morgan fingerprint density at radius 3 is 2.47 bits per heavy atom. The van der Waals surface area contributed by atoms with Crippen molar-refractivity contribution in [3.05, 3.63) is 29.8 Å². The summed E-state index contributed by atoms with van der Waals surface area (Å²) in [6.45, 7) is 4.62. The summed E-state index contributed by atoms with van der Waals surface area (Å²) in [6.07, 6.45) is 11.4. The Kier molecular flexibility index (Phi) is 6.04. The van der Waals surface area contributed by atoms with Crippen molar-refractivity contribution in [2.45, 2.75) is 52.0 Å². The molecule has 0 heterocycles. The first kappa shape index (κ1) is 14.7.